The Balaban J connectivity index is 1.58. The average molecular weight is 521 g/mol. The highest BCUT2D eigenvalue weighted by Crippen LogP contribution is 2.39. The average Bonchev–Trinajstić information content (AvgIpc) is 2.90. The van der Waals surface area contributed by atoms with Crippen LogP contribution in [0.1, 0.15) is 94.9 Å². The molecule has 1 N–H and O–H groups in total. The van der Waals surface area contributed by atoms with Crippen LogP contribution in [-0.4, -0.2) is 10.9 Å². The Morgan fingerprint density at radius 2 is 1.21 bits per heavy atom. The number of phenolic OH excluding ortho intramolecular Hbond substituents is 1. The van der Waals surface area contributed by atoms with E-state index in [2.05, 4.69) is 79.7 Å². The molecular weight excluding hydrogens is 480 g/mol. The van der Waals surface area contributed by atoms with E-state index in [1.165, 1.54) is 39.9 Å². The van der Waals surface area contributed by atoms with Gasteiger partial charge in [-0.05, 0) is 128 Å². The van der Waals surface area contributed by atoms with E-state index in [0.717, 1.165) is 23.3 Å². The molecule has 4 aromatic rings. The van der Waals surface area contributed by atoms with Gasteiger partial charge in [0.2, 0.25) is 0 Å². The number of benzene rings is 4. The molecule has 0 saturated heterocycles. The molecule has 0 aliphatic heterocycles. The molecule has 0 aromatic heterocycles. The van der Waals surface area contributed by atoms with Crippen molar-refractivity contribution < 1.29 is 14.6 Å². The van der Waals surface area contributed by atoms with Crippen molar-refractivity contribution in [3.8, 4) is 17.2 Å². The van der Waals surface area contributed by atoms with Gasteiger partial charge >= 0.3 is 0 Å². The van der Waals surface area contributed by atoms with Crippen LogP contribution in [0.5, 0.6) is 17.2 Å². The number of aryl methyl sites for hydroxylation is 4. The summed E-state index contributed by atoms with van der Waals surface area (Å²) in [6.45, 7) is 17.8. The van der Waals surface area contributed by atoms with Crippen molar-refractivity contribution in [2.75, 3.05) is 0 Å². The molecule has 0 heterocycles. The quantitative estimate of drug-likeness (QED) is 0.235. The van der Waals surface area contributed by atoms with Crippen LogP contribution in [-0.2, 0) is 5.41 Å². The fraction of sp³-hybridized carbons (Fsp3) is 0.306. The van der Waals surface area contributed by atoms with Crippen molar-refractivity contribution in [3.63, 3.8) is 0 Å². The van der Waals surface area contributed by atoms with E-state index in [-0.39, 0.29) is 16.9 Å². The minimum absolute atomic E-state index is 0.0943. The summed E-state index contributed by atoms with van der Waals surface area (Å²) in [4.78, 5) is 12.8. The first-order valence-electron chi connectivity index (χ1n) is 13.8. The van der Waals surface area contributed by atoms with Gasteiger partial charge in [-0.25, -0.2) is 0 Å². The summed E-state index contributed by atoms with van der Waals surface area (Å²) in [5, 5.41) is 9.48. The van der Waals surface area contributed by atoms with Gasteiger partial charge in [0.05, 0.1) is 0 Å². The Bertz CT molecular complexity index is 1450. The molecule has 0 radical (unpaired) electrons. The van der Waals surface area contributed by atoms with E-state index >= 15 is 0 Å². The van der Waals surface area contributed by atoms with Crippen LogP contribution >= 0.6 is 0 Å². The lowest BCUT2D eigenvalue weighted by Crippen LogP contribution is -2.20. The van der Waals surface area contributed by atoms with E-state index in [1.54, 1.807) is 24.3 Å². The molecule has 0 aliphatic carbocycles. The van der Waals surface area contributed by atoms with E-state index in [4.69, 9.17) is 4.74 Å². The highest BCUT2D eigenvalue weighted by atomic mass is 16.5. The van der Waals surface area contributed by atoms with Crippen molar-refractivity contribution >= 4 is 5.78 Å². The van der Waals surface area contributed by atoms with Crippen molar-refractivity contribution in [2.24, 2.45) is 0 Å². The number of aromatic hydroxyl groups is 1. The van der Waals surface area contributed by atoms with Crippen LogP contribution in [0.25, 0.3) is 0 Å². The molecule has 0 amide bonds. The molecule has 0 spiro atoms. The first-order chi connectivity index (χ1) is 18.4. The van der Waals surface area contributed by atoms with Crippen LogP contribution in [0.3, 0.4) is 0 Å². The van der Waals surface area contributed by atoms with Gasteiger partial charge in [-0.1, -0.05) is 52.0 Å². The number of hydrogen-bond acceptors (Lipinski definition) is 3. The molecule has 1 atom stereocenters. The van der Waals surface area contributed by atoms with Gasteiger partial charge in [0, 0.05) is 16.5 Å². The molecule has 0 fully saturated rings. The number of phenols is 1. The number of ketones is 1. The van der Waals surface area contributed by atoms with Gasteiger partial charge in [-0.3, -0.25) is 4.79 Å². The number of hydrogen-bond donors (Lipinski definition) is 1. The highest BCUT2D eigenvalue weighted by molar-refractivity contribution is 6.09. The van der Waals surface area contributed by atoms with Crippen LogP contribution in [0, 0.1) is 27.7 Å². The summed E-state index contributed by atoms with van der Waals surface area (Å²) < 4.78 is 6.32. The van der Waals surface area contributed by atoms with Crippen LogP contribution in [0.2, 0.25) is 0 Å². The Morgan fingerprint density at radius 1 is 0.769 bits per heavy atom. The molecule has 4 aromatic carbocycles. The summed E-state index contributed by atoms with van der Waals surface area (Å²) in [5.41, 5.74) is 9.90. The lowest BCUT2D eigenvalue weighted by molar-refractivity contribution is 0.103. The monoisotopic (exact) mass is 520 g/mol. The van der Waals surface area contributed by atoms with Gasteiger partial charge < -0.3 is 9.84 Å². The number of ether oxygens (including phenoxy) is 1. The van der Waals surface area contributed by atoms with Gasteiger partial charge in [0.25, 0.3) is 0 Å². The van der Waals surface area contributed by atoms with Gasteiger partial charge in [-0.15, -0.1) is 0 Å². The number of rotatable bonds is 8. The van der Waals surface area contributed by atoms with Crippen LogP contribution in [0.15, 0.2) is 72.8 Å². The molecule has 1 unspecified atom stereocenters. The molecule has 0 aliphatic rings. The zero-order chi connectivity index (χ0) is 28.5. The standard InChI is InChI=1S/C36H40O3/c1-9-22(2)33-23(3)18-29(19-24(33)4)36(7,8)30-20-25(5)35(26(6)21-30)39-32-16-12-28(13-17-32)34(38)27-10-14-31(37)15-11-27/h10-22,37H,9H2,1-8H3. The minimum atomic E-state index is -0.159. The van der Waals surface area contributed by atoms with Crippen molar-refractivity contribution in [2.45, 2.75) is 73.1 Å². The fourth-order valence-electron chi connectivity index (χ4n) is 5.53. The Morgan fingerprint density at radius 3 is 1.67 bits per heavy atom. The SMILES string of the molecule is CCC(C)c1c(C)cc(C(C)(C)c2cc(C)c(Oc3ccc(C(=O)c4ccc(O)cc4)cc3)c(C)c2)cc1C. The zero-order valence-electron chi connectivity index (χ0n) is 24.5. The van der Waals surface area contributed by atoms with E-state index in [1.807, 2.05) is 12.1 Å². The molecule has 3 nitrogen and oxygen atoms in total. The predicted molar refractivity (Wildman–Crippen MR) is 161 cm³/mol. The number of carbonyl (C=O) groups excluding carboxylic acids is 1. The summed E-state index contributed by atoms with van der Waals surface area (Å²) in [6, 6.07) is 22.7. The minimum Gasteiger partial charge on any atom is -0.508 e. The molecule has 3 heteroatoms. The third kappa shape index (κ3) is 5.78. The van der Waals surface area contributed by atoms with Crippen molar-refractivity contribution in [1.29, 1.82) is 0 Å². The van der Waals surface area contributed by atoms with E-state index in [9.17, 15) is 9.90 Å². The second kappa shape index (κ2) is 11.1. The zero-order valence-corrected chi connectivity index (χ0v) is 24.5. The fourth-order valence-corrected chi connectivity index (χ4v) is 5.53. The molecular formula is C36H40O3. The maximum atomic E-state index is 12.8. The Hall–Kier alpha value is -3.85. The highest BCUT2D eigenvalue weighted by Gasteiger charge is 2.26. The molecule has 4 rings (SSSR count). The molecule has 39 heavy (non-hydrogen) atoms. The maximum Gasteiger partial charge on any atom is 0.193 e. The normalized spacial score (nSPS) is 12.3. The van der Waals surface area contributed by atoms with Gasteiger partial charge in [-0.2, -0.15) is 0 Å². The third-order valence-electron chi connectivity index (χ3n) is 8.07. The first-order valence-corrected chi connectivity index (χ1v) is 13.8. The van der Waals surface area contributed by atoms with Gasteiger partial charge in [0.15, 0.2) is 5.78 Å². The number of carbonyl (C=O) groups is 1. The van der Waals surface area contributed by atoms with Crippen LogP contribution in [0.4, 0.5) is 0 Å². The summed E-state index contributed by atoms with van der Waals surface area (Å²) in [5.74, 6) is 2.13. The topological polar surface area (TPSA) is 46.5 Å². The third-order valence-corrected chi connectivity index (χ3v) is 8.07. The van der Waals surface area contributed by atoms with Crippen LogP contribution < -0.4 is 4.74 Å². The Kier molecular flexibility index (Phi) is 8.02. The maximum absolute atomic E-state index is 12.8. The molecule has 202 valence electrons. The summed E-state index contributed by atoms with van der Waals surface area (Å²) in [7, 11) is 0. The van der Waals surface area contributed by atoms with E-state index in [0.29, 0.717) is 22.8 Å². The Labute approximate surface area is 233 Å². The van der Waals surface area contributed by atoms with Gasteiger partial charge in [0.1, 0.15) is 17.2 Å². The lowest BCUT2D eigenvalue weighted by atomic mass is 9.75. The van der Waals surface area contributed by atoms with Crippen molar-refractivity contribution in [3.05, 3.63) is 123 Å². The molecule has 0 saturated carbocycles. The lowest BCUT2D eigenvalue weighted by Gasteiger charge is -2.30. The summed E-state index contributed by atoms with van der Waals surface area (Å²) in [6.07, 6.45) is 1.14. The first kappa shape index (κ1) is 28.2. The summed E-state index contributed by atoms with van der Waals surface area (Å²) >= 11 is 0. The second-order valence-corrected chi connectivity index (χ2v) is 11.4. The largest absolute Gasteiger partial charge is 0.508 e. The second-order valence-electron chi connectivity index (χ2n) is 11.4. The van der Waals surface area contributed by atoms with E-state index < -0.39 is 0 Å². The smallest absolute Gasteiger partial charge is 0.193 e. The molecule has 0 bridgehead atoms. The van der Waals surface area contributed by atoms with Crippen molar-refractivity contribution in [1.82, 2.24) is 0 Å². The predicted octanol–water partition coefficient (Wildman–Crippen LogP) is 9.49.